The third kappa shape index (κ3) is 4.24. The zero-order valence-corrected chi connectivity index (χ0v) is 19.1. The first-order chi connectivity index (χ1) is 15.3. The summed E-state index contributed by atoms with van der Waals surface area (Å²) in [6, 6.07) is 14.5. The highest BCUT2D eigenvalue weighted by Gasteiger charge is 2.15. The van der Waals surface area contributed by atoms with Gasteiger partial charge in [0, 0.05) is 30.1 Å². The van der Waals surface area contributed by atoms with Gasteiger partial charge in [0.1, 0.15) is 5.82 Å². The lowest BCUT2D eigenvalue weighted by Crippen LogP contribution is -2.07. The Morgan fingerprint density at radius 2 is 1.81 bits per heavy atom. The molecule has 0 aliphatic heterocycles. The average molecular weight is 453 g/mol. The molecule has 0 unspecified atom stereocenters. The fraction of sp³-hybridized carbons (Fsp3) is 0.217. The van der Waals surface area contributed by atoms with Gasteiger partial charge in [0.05, 0.1) is 25.3 Å². The smallest absolute Gasteiger partial charge is 0.175 e. The van der Waals surface area contributed by atoms with Crippen molar-refractivity contribution in [1.29, 1.82) is 0 Å². The van der Waals surface area contributed by atoms with E-state index < -0.39 is 9.84 Å². The second-order valence-electron chi connectivity index (χ2n) is 7.42. The molecule has 2 aromatic carbocycles. The van der Waals surface area contributed by atoms with Gasteiger partial charge < -0.3 is 14.8 Å². The van der Waals surface area contributed by atoms with E-state index in [4.69, 9.17) is 9.47 Å². The minimum absolute atomic E-state index is 0.294. The van der Waals surface area contributed by atoms with E-state index in [1.54, 1.807) is 43.1 Å². The number of sulfone groups is 1. The number of hydrogen-bond donors (Lipinski definition) is 1. The molecule has 0 aliphatic rings. The molecule has 166 valence electrons. The zero-order valence-electron chi connectivity index (χ0n) is 18.3. The van der Waals surface area contributed by atoms with Gasteiger partial charge in [-0.1, -0.05) is 18.2 Å². The maximum atomic E-state index is 11.8. The van der Waals surface area contributed by atoms with Crippen molar-refractivity contribution in [1.82, 2.24) is 14.6 Å². The van der Waals surface area contributed by atoms with Crippen LogP contribution in [-0.4, -0.2) is 43.5 Å². The second kappa shape index (κ2) is 8.51. The summed E-state index contributed by atoms with van der Waals surface area (Å²) in [4.78, 5) is 4.98. The number of anilines is 1. The minimum atomic E-state index is -3.26. The van der Waals surface area contributed by atoms with Gasteiger partial charge in [0.15, 0.2) is 27.0 Å². The predicted octanol–water partition coefficient (Wildman–Crippen LogP) is 3.74. The van der Waals surface area contributed by atoms with Crippen LogP contribution >= 0.6 is 0 Å². The highest BCUT2D eigenvalue weighted by molar-refractivity contribution is 7.90. The Labute approximate surface area is 186 Å². The van der Waals surface area contributed by atoms with Crippen molar-refractivity contribution in [2.75, 3.05) is 25.8 Å². The summed E-state index contributed by atoms with van der Waals surface area (Å²) in [5.74, 6) is 2.03. The number of nitrogens with one attached hydrogen (secondary N) is 1. The maximum Gasteiger partial charge on any atom is 0.175 e. The molecule has 4 aromatic rings. The van der Waals surface area contributed by atoms with Crippen molar-refractivity contribution >= 4 is 21.3 Å². The van der Waals surface area contributed by atoms with Crippen LogP contribution in [0.1, 0.15) is 11.3 Å². The van der Waals surface area contributed by atoms with E-state index in [1.165, 1.54) is 6.26 Å². The summed E-state index contributed by atoms with van der Waals surface area (Å²) in [5, 5.41) is 7.88. The quantitative estimate of drug-likeness (QED) is 0.456. The molecule has 0 fully saturated rings. The van der Waals surface area contributed by atoms with Crippen LogP contribution in [0.15, 0.2) is 59.6 Å². The van der Waals surface area contributed by atoms with Crippen LogP contribution in [0.4, 0.5) is 5.82 Å². The third-order valence-electron chi connectivity index (χ3n) is 5.09. The van der Waals surface area contributed by atoms with Gasteiger partial charge in [-0.05, 0) is 42.3 Å². The Bertz CT molecular complexity index is 1400. The summed E-state index contributed by atoms with van der Waals surface area (Å²) in [7, 11) is -0.0656. The largest absolute Gasteiger partial charge is 0.493 e. The molecule has 2 aromatic heterocycles. The third-order valence-corrected chi connectivity index (χ3v) is 6.20. The number of fused-ring (bicyclic) bond motifs is 1. The monoisotopic (exact) mass is 452 g/mol. The molecule has 0 amide bonds. The van der Waals surface area contributed by atoms with Crippen molar-refractivity contribution < 1.29 is 17.9 Å². The Balaban J connectivity index is 1.69. The second-order valence-corrected chi connectivity index (χ2v) is 9.44. The van der Waals surface area contributed by atoms with Crippen LogP contribution < -0.4 is 14.8 Å². The van der Waals surface area contributed by atoms with E-state index in [1.807, 2.05) is 37.3 Å². The molecule has 32 heavy (non-hydrogen) atoms. The Kier molecular flexibility index (Phi) is 5.75. The Morgan fingerprint density at radius 1 is 1.03 bits per heavy atom. The molecule has 0 radical (unpaired) electrons. The van der Waals surface area contributed by atoms with Gasteiger partial charge in [0.25, 0.3) is 0 Å². The lowest BCUT2D eigenvalue weighted by molar-refractivity contribution is 0.355. The number of methoxy groups -OCH3 is 2. The van der Waals surface area contributed by atoms with Gasteiger partial charge in [-0.2, -0.15) is 9.61 Å². The number of benzene rings is 2. The molecule has 0 saturated carbocycles. The van der Waals surface area contributed by atoms with Gasteiger partial charge in [-0.3, -0.25) is 0 Å². The molecular formula is C23H24N4O4S. The van der Waals surface area contributed by atoms with Crippen LogP contribution in [0.5, 0.6) is 11.5 Å². The summed E-state index contributed by atoms with van der Waals surface area (Å²) >= 11 is 0. The molecule has 9 heteroatoms. The Morgan fingerprint density at radius 3 is 2.53 bits per heavy atom. The summed E-state index contributed by atoms with van der Waals surface area (Å²) in [6.45, 7) is 2.36. The molecule has 0 bridgehead atoms. The first-order valence-corrected chi connectivity index (χ1v) is 11.8. The van der Waals surface area contributed by atoms with Crippen molar-refractivity contribution in [2.45, 2.75) is 18.4 Å². The lowest BCUT2D eigenvalue weighted by Gasteiger charge is -2.11. The lowest BCUT2D eigenvalue weighted by atomic mass is 10.1. The molecule has 0 atom stereocenters. The molecular weight excluding hydrogens is 428 g/mol. The minimum Gasteiger partial charge on any atom is -0.493 e. The number of aromatic nitrogens is 3. The number of aryl methyl sites for hydroxylation is 1. The number of hydrogen-bond acceptors (Lipinski definition) is 7. The molecule has 0 saturated heterocycles. The van der Waals surface area contributed by atoms with Gasteiger partial charge in [-0.25, -0.2) is 13.4 Å². The SMILES string of the molecule is COc1ccc(-c2cnn3c(NCc4cccc(S(C)(=O)=O)c4)cc(C)nc23)cc1OC. The van der Waals surface area contributed by atoms with E-state index in [0.717, 1.165) is 28.2 Å². The predicted molar refractivity (Wildman–Crippen MR) is 123 cm³/mol. The molecule has 0 aliphatic carbocycles. The summed E-state index contributed by atoms with van der Waals surface area (Å²) < 4.78 is 36.2. The van der Waals surface area contributed by atoms with Crippen molar-refractivity contribution in [3.63, 3.8) is 0 Å². The van der Waals surface area contributed by atoms with E-state index in [0.29, 0.717) is 28.6 Å². The first kappa shape index (κ1) is 21.6. The van der Waals surface area contributed by atoms with Crippen molar-refractivity contribution in [2.24, 2.45) is 0 Å². The van der Waals surface area contributed by atoms with Crippen LogP contribution in [0, 0.1) is 6.92 Å². The van der Waals surface area contributed by atoms with Crippen LogP contribution in [0.25, 0.3) is 16.8 Å². The molecule has 4 rings (SSSR count). The highest BCUT2D eigenvalue weighted by Crippen LogP contribution is 2.34. The average Bonchev–Trinajstić information content (AvgIpc) is 3.20. The van der Waals surface area contributed by atoms with Crippen LogP contribution in [0.2, 0.25) is 0 Å². The Hall–Kier alpha value is -3.59. The summed E-state index contributed by atoms with van der Waals surface area (Å²) in [6.07, 6.45) is 2.97. The molecule has 8 nitrogen and oxygen atoms in total. The molecule has 0 spiro atoms. The van der Waals surface area contributed by atoms with Gasteiger partial charge in [-0.15, -0.1) is 0 Å². The standard InChI is InChI=1S/C23H24N4O4S/c1-15-10-22(24-13-16-6-5-7-18(11-16)32(4,28)29)27-23(26-15)19(14-25-27)17-8-9-20(30-2)21(12-17)31-3/h5-12,14,24H,13H2,1-4H3. The topological polar surface area (TPSA) is 94.8 Å². The van der Waals surface area contributed by atoms with E-state index in [2.05, 4.69) is 15.4 Å². The molecule has 1 N–H and O–H groups in total. The van der Waals surface area contributed by atoms with Crippen LogP contribution in [0.3, 0.4) is 0 Å². The van der Waals surface area contributed by atoms with Crippen LogP contribution in [-0.2, 0) is 16.4 Å². The maximum absolute atomic E-state index is 11.8. The normalized spacial score (nSPS) is 11.5. The van der Waals surface area contributed by atoms with Gasteiger partial charge >= 0.3 is 0 Å². The van der Waals surface area contributed by atoms with E-state index >= 15 is 0 Å². The number of rotatable bonds is 7. The molecule has 2 heterocycles. The number of nitrogens with zero attached hydrogens (tertiary/aromatic N) is 3. The number of ether oxygens (including phenoxy) is 2. The van der Waals surface area contributed by atoms with Gasteiger partial charge in [0.2, 0.25) is 0 Å². The highest BCUT2D eigenvalue weighted by atomic mass is 32.2. The zero-order chi connectivity index (χ0) is 22.9. The fourth-order valence-electron chi connectivity index (χ4n) is 3.50. The van der Waals surface area contributed by atoms with Crippen molar-refractivity contribution in [3.05, 3.63) is 66.0 Å². The van der Waals surface area contributed by atoms with E-state index in [9.17, 15) is 8.42 Å². The van der Waals surface area contributed by atoms with Crippen molar-refractivity contribution in [3.8, 4) is 22.6 Å². The first-order valence-electron chi connectivity index (χ1n) is 9.91. The fourth-order valence-corrected chi connectivity index (χ4v) is 4.19. The summed E-state index contributed by atoms with van der Waals surface area (Å²) in [5.41, 5.74) is 4.14. The van der Waals surface area contributed by atoms with E-state index in [-0.39, 0.29) is 0 Å².